The fourth-order valence-corrected chi connectivity index (χ4v) is 3.91. The molecule has 0 unspecified atom stereocenters. The molecule has 0 bridgehead atoms. The van der Waals surface area contributed by atoms with E-state index in [1.807, 2.05) is 6.20 Å². The molecule has 25 heavy (non-hydrogen) atoms. The van der Waals surface area contributed by atoms with Gasteiger partial charge < -0.3 is 10.0 Å². The third kappa shape index (κ3) is 3.38. The van der Waals surface area contributed by atoms with Crippen molar-refractivity contribution in [3.8, 4) is 21.8 Å². The Labute approximate surface area is 150 Å². The second-order valence-electron chi connectivity index (χ2n) is 6.18. The van der Waals surface area contributed by atoms with E-state index in [1.165, 1.54) is 4.88 Å². The highest BCUT2D eigenvalue weighted by molar-refractivity contribution is 7.15. The largest absolute Gasteiger partial charge is 0.391 e. The van der Waals surface area contributed by atoms with Gasteiger partial charge in [0, 0.05) is 42.1 Å². The lowest BCUT2D eigenvalue weighted by Gasteiger charge is -2.30. The zero-order valence-corrected chi connectivity index (χ0v) is 14.8. The van der Waals surface area contributed by atoms with E-state index in [4.69, 9.17) is 4.98 Å². The molecule has 0 radical (unpaired) electrons. The van der Waals surface area contributed by atoms with Crippen molar-refractivity contribution >= 4 is 17.3 Å². The Morgan fingerprint density at radius 2 is 2.12 bits per heavy atom. The summed E-state index contributed by atoms with van der Waals surface area (Å²) in [5, 5.41) is 9.95. The number of aliphatic hydroxyl groups is 1. The van der Waals surface area contributed by atoms with Gasteiger partial charge >= 0.3 is 0 Å². The van der Waals surface area contributed by atoms with E-state index in [1.54, 1.807) is 29.9 Å². The van der Waals surface area contributed by atoms with Crippen molar-refractivity contribution in [2.24, 2.45) is 0 Å². The van der Waals surface area contributed by atoms with Gasteiger partial charge in [-0.3, -0.25) is 9.97 Å². The topological polar surface area (TPSA) is 75.0 Å². The van der Waals surface area contributed by atoms with E-state index in [2.05, 4.69) is 38.9 Å². The van der Waals surface area contributed by atoms with E-state index >= 15 is 0 Å². The molecule has 4 heterocycles. The summed E-state index contributed by atoms with van der Waals surface area (Å²) in [7, 11) is 0. The van der Waals surface area contributed by atoms with E-state index in [0.29, 0.717) is 12.5 Å². The van der Waals surface area contributed by atoms with Crippen LogP contribution in [0.5, 0.6) is 0 Å². The molecule has 3 aromatic heterocycles. The first-order valence-corrected chi connectivity index (χ1v) is 9.15. The summed E-state index contributed by atoms with van der Waals surface area (Å²) < 4.78 is 0. The molecule has 0 aliphatic carbocycles. The number of β-amino-alcohol motifs (C(OH)–C–C–N with tert-alkyl or cyclic N) is 1. The highest BCUT2D eigenvalue weighted by Crippen LogP contribution is 2.34. The molecular formula is C18H19N5OS. The Morgan fingerprint density at radius 1 is 1.20 bits per heavy atom. The lowest BCUT2D eigenvalue weighted by Crippen LogP contribution is -2.39. The first kappa shape index (κ1) is 16.1. The fourth-order valence-electron chi connectivity index (χ4n) is 3.04. The molecular weight excluding hydrogens is 334 g/mol. The second-order valence-corrected chi connectivity index (χ2v) is 7.46. The van der Waals surface area contributed by atoms with Gasteiger partial charge in [0.1, 0.15) is 0 Å². The number of hydrogen-bond donors (Lipinski definition) is 1. The maximum atomic E-state index is 9.95. The van der Waals surface area contributed by atoms with Gasteiger partial charge in [-0.15, -0.1) is 11.3 Å². The van der Waals surface area contributed by atoms with Crippen molar-refractivity contribution in [3.63, 3.8) is 0 Å². The Morgan fingerprint density at radius 3 is 2.84 bits per heavy atom. The van der Waals surface area contributed by atoms with Crippen LogP contribution in [0.2, 0.25) is 0 Å². The molecule has 1 saturated heterocycles. The number of thiophene rings is 1. The van der Waals surface area contributed by atoms with Gasteiger partial charge in [-0.2, -0.15) is 0 Å². The molecule has 1 aliphatic heterocycles. The standard InChI is InChI=1S/C18H19N5OS/c1-12-4-5-16(25-12)17-14(15-10-19-6-7-20-15)9-21-18(22-17)23-8-2-3-13(24)11-23/h4-7,9-10,13,24H,2-3,8,11H2,1H3/t13-/m1/s1. The Bertz CT molecular complexity index is 867. The highest BCUT2D eigenvalue weighted by atomic mass is 32.1. The van der Waals surface area contributed by atoms with Gasteiger partial charge in [0.15, 0.2) is 0 Å². The van der Waals surface area contributed by atoms with Crippen molar-refractivity contribution < 1.29 is 5.11 Å². The van der Waals surface area contributed by atoms with Crippen molar-refractivity contribution in [1.82, 2.24) is 19.9 Å². The summed E-state index contributed by atoms with van der Waals surface area (Å²) in [6.07, 6.45) is 8.35. The summed E-state index contributed by atoms with van der Waals surface area (Å²) >= 11 is 1.70. The van der Waals surface area contributed by atoms with E-state index in [0.717, 1.165) is 41.2 Å². The van der Waals surface area contributed by atoms with Crippen molar-refractivity contribution in [1.29, 1.82) is 0 Å². The van der Waals surface area contributed by atoms with Crippen LogP contribution >= 0.6 is 11.3 Å². The number of aromatic nitrogens is 4. The lowest BCUT2D eigenvalue weighted by molar-refractivity contribution is 0.153. The van der Waals surface area contributed by atoms with Gasteiger partial charge in [0.05, 0.1) is 28.6 Å². The smallest absolute Gasteiger partial charge is 0.226 e. The van der Waals surface area contributed by atoms with Gasteiger partial charge in [0.2, 0.25) is 5.95 Å². The number of nitrogens with zero attached hydrogens (tertiary/aromatic N) is 5. The van der Waals surface area contributed by atoms with Crippen molar-refractivity contribution in [3.05, 3.63) is 41.8 Å². The van der Waals surface area contributed by atoms with E-state index in [-0.39, 0.29) is 6.10 Å². The van der Waals surface area contributed by atoms with E-state index in [9.17, 15) is 5.11 Å². The van der Waals surface area contributed by atoms with Crippen LogP contribution in [-0.4, -0.2) is 44.2 Å². The molecule has 7 heteroatoms. The highest BCUT2D eigenvalue weighted by Gasteiger charge is 2.22. The maximum absolute atomic E-state index is 9.95. The second kappa shape index (κ2) is 6.85. The van der Waals surface area contributed by atoms with Crippen LogP contribution in [0.1, 0.15) is 17.7 Å². The number of aryl methyl sites for hydroxylation is 1. The molecule has 0 saturated carbocycles. The predicted molar refractivity (Wildman–Crippen MR) is 98.6 cm³/mol. The molecule has 0 amide bonds. The van der Waals surface area contributed by atoms with Crippen molar-refractivity contribution in [2.75, 3.05) is 18.0 Å². The lowest BCUT2D eigenvalue weighted by atomic mass is 10.1. The normalized spacial score (nSPS) is 17.7. The van der Waals surface area contributed by atoms with Crippen LogP contribution in [0.25, 0.3) is 21.8 Å². The molecule has 128 valence electrons. The zero-order valence-electron chi connectivity index (χ0n) is 14.0. The molecule has 0 spiro atoms. The number of rotatable bonds is 3. The molecule has 4 rings (SSSR count). The first-order valence-electron chi connectivity index (χ1n) is 8.34. The summed E-state index contributed by atoms with van der Waals surface area (Å²) in [5.41, 5.74) is 2.49. The molecule has 3 aromatic rings. The Balaban J connectivity index is 1.80. The van der Waals surface area contributed by atoms with Crippen LogP contribution in [0.4, 0.5) is 5.95 Å². The predicted octanol–water partition coefficient (Wildman–Crippen LogP) is 2.93. The Kier molecular flexibility index (Phi) is 4.42. The zero-order chi connectivity index (χ0) is 17.2. The number of hydrogen-bond acceptors (Lipinski definition) is 7. The quantitative estimate of drug-likeness (QED) is 0.780. The third-order valence-electron chi connectivity index (χ3n) is 4.27. The molecule has 1 fully saturated rings. The average molecular weight is 353 g/mol. The third-order valence-corrected chi connectivity index (χ3v) is 5.28. The van der Waals surface area contributed by atoms with Crippen LogP contribution < -0.4 is 4.90 Å². The van der Waals surface area contributed by atoms with Gasteiger partial charge in [-0.05, 0) is 31.9 Å². The Hall–Kier alpha value is -2.38. The van der Waals surface area contributed by atoms with Crippen LogP contribution in [-0.2, 0) is 0 Å². The van der Waals surface area contributed by atoms with Gasteiger partial charge in [-0.1, -0.05) is 0 Å². The van der Waals surface area contributed by atoms with Gasteiger partial charge in [-0.25, -0.2) is 9.97 Å². The minimum absolute atomic E-state index is 0.315. The summed E-state index contributed by atoms with van der Waals surface area (Å²) in [4.78, 5) is 22.3. The molecule has 1 atom stereocenters. The van der Waals surface area contributed by atoms with Crippen LogP contribution in [0.3, 0.4) is 0 Å². The molecule has 1 N–H and O–H groups in total. The molecule has 1 aliphatic rings. The SMILES string of the molecule is Cc1ccc(-c2nc(N3CCC[C@@H](O)C3)ncc2-c2cnccn2)s1. The number of piperidine rings is 1. The monoisotopic (exact) mass is 353 g/mol. The molecule has 0 aromatic carbocycles. The maximum Gasteiger partial charge on any atom is 0.226 e. The van der Waals surface area contributed by atoms with Crippen LogP contribution in [0.15, 0.2) is 36.9 Å². The van der Waals surface area contributed by atoms with Gasteiger partial charge in [0.25, 0.3) is 0 Å². The molecule has 6 nitrogen and oxygen atoms in total. The number of aliphatic hydroxyl groups excluding tert-OH is 1. The summed E-state index contributed by atoms with van der Waals surface area (Å²) in [5.74, 6) is 0.660. The summed E-state index contributed by atoms with van der Waals surface area (Å²) in [6, 6.07) is 4.17. The first-order chi connectivity index (χ1) is 12.2. The fraction of sp³-hybridized carbons (Fsp3) is 0.333. The van der Waals surface area contributed by atoms with Crippen molar-refractivity contribution in [2.45, 2.75) is 25.9 Å². The average Bonchev–Trinajstić information content (AvgIpc) is 3.08. The number of anilines is 1. The minimum atomic E-state index is -0.315. The summed E-state index contributed by atoms with van der Waals surface area (Å²) in [6.45, 7) is 3.52. The minimum Gasteiger partial charge on any atom is -0.391 e. The van der Waals surface area contributed by atoms with Crippen LogP contribution in [0, 0.1) is 6.92 Å². The van der Waals surface area contributed by atoms with E-state index < -0.39 is 0 Å².